The van der Waals surface area contributed by atoms with Crippen LogP contribution < -0.4 is 0 Å². The number of hydrogen-bond donors (Lipinski definition) is 0. The first-order valence-electron chi connectivity index (χ1n) is 3.33. The van der Waals surface area contributed by atoms with Crippen LogP contribution in [0.15, 0.2) is 6.07 Å². The molecule has 11 heavy (non-hydrogen) atoms. The molecule has 0 nitrogen and oxygen atoms in total. The van der Waals surface area contributed by atoms with Gasteiger partial charge in [-0.05, 0) is 0 Å². The van der Waals surface area contributed by atoms with Gasteiger partial charge in [0.1, 0.15) is 0 Å². The Morgan fingerprint density at radius 3 is 1.09 bits per heavy atom. The molecular weight excluding hydrogens is 286 g/mol. The van der Waals surface area contributed by atoms with Crippen molar-refractivity contribution in [3.63, 3.8) is 0 Å². The summed E-state index contributed by atoms with van der Waals surface area (Å²) in [5.41, 5.74) is 5.75. The van der Waals surface area contributed by atoms with Gasteiger partial charge in [0, 0.05) is 65.4 Å². The van der Waals surface area contributed by atoms with Crippen LogP contribution in [-0.4, -0.2) is 0 Å². The summed E-state index contributed by atoms with van der Waals surface area (Å²) in [5, 5.41) is 0. The zero-order valence-electron chi connectivity index (χ0n) is 7.73. The first kappa shape index (κ1) is 15.0. The van der Waals surface area contributed by atoms with E-state index in [1.807, 2.05) is 0 Å². The van der Waals surface area contributed by atoms with Gasteiger partial charge in [-0.2, -0.15) is 28.3 Å². The van der Waals surface area contributed by atoms with Crippen molar-refractivity contribution in [2.24, 2.45) is 0 Å². The number of aryl methyl sites for hydroxylation is 2. The second-order valence-electron chi connectivity index (χ2n) is 2.76. The predicted octanol–water partition coefficient (Wildman–Crippen LogP) is 2.63. The Kier molecular flexibility index (Phi) is 8.32. The summed E-state index contributed by atoms with van der Waals surface area (Å²) in [6.07, 6.45) is 0. The van der Waals surface area contributed by atoms with E-state index >= 15 is 0 Å². The second kappa shape index (κ2) is 6.08. The van der Waals surface area contributed by atoms with E-state index in [1.54, 1.807) is 0 Å². The molecule has 56 valence electrons. The Labute approximate surface area is 120 Å². The molecule has 0 heterocycles. The molecule has 0 aliphatic carbocycles. The topological polar surface area (TPSA) is 0 Å². The maximum absolute atomic E-state index is 2.24. The van der Waals surface area contributed by atoms with Crippen molar-refractivity contribution < 1.29 is 65.4 Å². The molecule has 1 rings (SSSR count). The molecule has 0 atom stereocenters. The summed E-state index contributed by atoms with van der Waals surface area (Å²) in [6.45, 7) is 8.68. The average Bonchev–Trinajstić information content (AvgIpc) is 1.98. The van der Waals surface area contributed by atoms with Gasteiger partial charge in [0.25, 0.3) is 0 Å². The van der Waals surface area contributed by atoms with Gasteiger partial charge in [-0.3, -0.25) is 0 Å². The first-order valence-corrected chi connectivity index (χ1v) is 3.33. The third-order valence-corrected chi connectivity index (χ3v) is 2.18. The molecule has 0 aromatic heterocycles. The number of hydrogen-bond acceptors (Lipinski definition) is 0. The van der Waals surface area contributed by atoms with Crippen LogP contribution in [0.25, 0.3) is 0 Å². The average molecular weight is 299 g/mol. The Hall–Kier alpha value is 1.56. The molecule has 1 aromatic rings. The van der Waals surface area contributed by atoms with Crippen molar-refractivity contribution in [1.82, 2.24) is 0 Å². The summed E-state index contributed by atoms with van der Waals surface area (Å²) in [6, 6.07) is 2.24. The van der Waals surface area contributed by atoms with Gasteiger partial charge >= 0.3 is 0 Å². The van der Waals surface area contributed by atoms with Crippen molar-refractivity contribution >= 4 is 0 Å². The molecule has 0 saturated carbocycles. The van der Waals surface area contributed by atoms with E-state index < -0.39 is 0 Å². The van der Waals surface area contributed by atoms with Crippen molar-refractivity contribution in [2.75, 3.05) is 0 Å². The fourth-order valence-electron chi connectivity index (χ4n) is 1.13. The van der Waals surface area contributed by atoms with Crippen LogP contribution in [0.5, 0.6) is 0 Å². The summed E-state index contributed by atoms with van der Waals surface area (Å²) >= 11 is 0. The second-order valence-corrected chi connectivity index (χ2v) is 2.76. The minimum absolute atomic E-state index is 0. The van der Waals surface area contributed by atoms with Crippen LogP contribution in [0, 0.1) is 27.7 Å². The van der Waals surface area contributed by atoms with E-state index in [4.69, 9.17) is 0 Å². The van der Waals surface area contributed by atoms with Gasteiger partial charge in [0.05, 0.1) is 0 Å². The van der Waals surface area contributed by atoms with Crippen molar-refractivity contribution in [3.05, 3.63) is 28.3 Å². The Balaban J connectivity index is 0. The maximum atomic E-state index is 2.24. The van der Waals surface area contributed by atoms with Crippen LogP contribution in [-0.2, 0) is 65.4 Å². The minimum Gasteiger partial charge on any atom is -0.196 e. The Morgan fingerprint density at radius 2 is 1.00 bits per heavy atom. The van der Waals surface area contributed by atoms with Crippen molar-refractivity contribution in [1.29, 1.82) is 0 Å². The van der Waals surface area contributed by atoms with Crippen LogP contribution in [0.2, 0.25) is 0 Å². The SMILES string of the molecule is Cc1[cH-]c(C)c(C)c1C.[Y].[Y]. The molecular formula is C9H13Y2-. The molecule has 0 saturated heterocycles. The van der Waals surface area contributed by atoms with Crippen LogP contribution in [0.3, 0.4) is 0 Å². The Bertz CT molecular complexity index is 201. The van der Waals surface area contributed by atoms with Crippen LogP contribution in [0.4, 0.5) is 0 Å². The zero-order chi connectivity index (χ0) is 7.02. The zero-order valence-corrected chi connectivity index (χ0v) is 13.4. The van der Waals surface area contributed by atoms with Gasteiger partial charge in [-0.15, -0.1) is 0 Å². The van der Waals surface area contributed by atoms with Gasteiger partial charge < -0.3 is 0 Å². The molecule has 0 fully saturated rings. The van der Waals surface area contributed by atoms with E-state index in [0.29, 0.717) is 0 Å². The number of rotatable bonds is 0. The van der Waals surface area contributed by atoms with Crippen LogP contribution >= 0.6 is 0 Å². The summed E-state index contributed by atoms with van der Waals surface area (Å²) in [5.74, 6) is 0. The first-order chi connectivity index (χ1) is 4.13. The molecule has 1 aromatic carbocycles. The van der Waals surface area contributed by atoms with E-state index in [-0.39, 0.29) is 65.4 Å². The largest absolute Gasteiger partial charge is 0.196 e. The standard InChI is InChI=1S/C9H13.2Y/c1-6-5-7(2)9(4)8(6)3;;/h5H,1-4H3;;/q-1;;. The van der Waals surface area contributed by atoms with Gasteiger partial charge in [0.2, 0.25) is 0 Å². The van der Waals surface area contributed by atoms with E-state index in [0.717, 1.165) is 0 Å². The third kappa shape index (κ3) is 3.42. The fourth-order valence-corrected chi connectivity index (χ4v) is 1.13. The summed E-state index contributed by atoms with van der Waals surface area (Å²) < 4.78 is 0. The normalized spacial score (nSPS) is 8.36. The predicted molar refractivity (Wildman–Crippen MR) is 41.0 cm³/mol. The molecule has 0 N–H and O–H groups in total. The molecule has 0 amide bonds. The molecule has 0 bridgehead atoms. The van der Waals surface area contributed by atoms with E-state index in [2.05, 4.69) is 33.8 Å². The van der Waals surface area contributed by atoms with Gasteiger partial charge in [-0.1, -0.05) is 27.7 Å². The quantitative estimate of drug-likeness (QED) is 0.646. The summed E-state index contributed by atoms with van der Waals surface area (Å²) in [4.78, 5) is 0. The smallest absolute Gasteiger partial charge is 0 e. The Morgan fingerprint density at radius 1 is 0.727 bits per heavy atom. The van der Waals surface area contributed by atoms with Crippen molar-refractivity contribution in [3.8, 4) is 0 Å². The van der Waals surface area contributed by atoms with Crippen molar-refractivity contribution in [2.45, 2.75) is 27.7 Å². The maximum Gasteiger partial charge on any atom is 0 e. The molecule has 2 radical (unpaired) electrons. The molecule has 0 aliphatic heterocycles. The third-order valence-electron chi connectivity index (χ3n) is 2.18. The van der Waals surface area contributed by atoms with E-state index in [1.165, 1.54) is 22.3 Å². The minimum atomic E-state index is 0. The van der Waals surface area contributed by atoms with E-state index in [9.17, 15) is 0 Å². The van der Waals surface area contributed by atoms with Gasteiger partial charge in [0.15, 0.2) is 0 Å². The molecule has 2 heteroatoms. The molecule has 0 spiro atoms. The molecule has 0 unspecified atom stereocenters. The summed E-state index contributed by atoms with van der Waals surface area (Å²) in [7, 11) is 0. The van der Waals surface area contributed by atoms with Crippen LogP contribution in [0.1, 0.15) is 22.3 Å². The fraction of sp³-hybridized carbons (Fsp3) is 0.444. The molecule has 0 aliphatic rings. The van der Waals surface area contributed by atoms with Gasteiger partial charge in [-0.25, -0.2) is 0 Å². The monoisotopic (exact) mass is 299 g/mol.